The Morgan fingerprint density at radius 2 is 2.25 bits per heavy atom. The number of anilines is 1. The highest BCUT2D eigenvalue weighted by Gasteiger charge is 2.25. The molecule has 1 aromatic carbocycles. The first kappa shape index (κ1) is 10.2. The van der Waals surface area contributed by atoms with E-state index in [-0.39, 0.29) is 0 Å². The summed E-state index contributed by atoms with van der Waals surface area (Å²) in [5, 5.41) is 12.1. The second-order valence-corrected chi connectivity index (χ2v) is 6.09. The Balaban J connectivity index is 1.63. The fraction of sp³-hybridized carbons (Fsp3) is 0.273. The van der Waals surface area contributed by atoms with Crippen molar-refractivity contribution in [1.29, 1.82) is 0 Å². The van der Waals surface area contributed by atoms with E-state index in [2.05, 4.69) is 55.7 Å². The molecule has 0 saturated carbocycles. The molecule has 0 fully saturated rings. The Kier molecular flexibility index (Phi) is 2.65. The molecule has 0 radical (unpaired) electrons. The highest BCUT2D eigenvalue weighted by molar-refractivity contribution is 9.11. The minimum atomic E-state index is 0.624. The number of nitrogens with one attached hydrogen (secondary N) is 1. The summed E-state index contributed by atoms with van der Waals surface area (Å²) in [6, 6.07) is 8.62. The molecule has 1 N–H and O–H groups in total. The zero-order valence-electron chi connectivity index (χ0n) is 8.48. The summed E-state index contributed by atoms with van der Waals surface area (Å²) < 4.78 is 0.823. The van der Waals surface area contributed by atoms with E-state index >= 15 is 0 Å². The predicted molar refractivity (Wildman–Crippen MR) is 69.0 cm³/mol. The molecule has 0 spiro atoms. The summed E-state index contributed by atoms with van der Waals surface area (Å²) in [6.45, 7) is 0.943. The largest absolute Gasteiger partial charge is 0.359 e. The average molecular weight is 296 g/mol. The third-order valence-corrected chi connectivity index (χ3v) is 4.17. The SMILES string of the molecule is Brc1nnc(NCC2Cc3ccccc32)s1. The van der Waals surface area contributed by atoms with Gasteiger partial charge >= 0.3 is 0 Å². The van der Waals surface area contributed by atoms with E-state index in [0.717, 1.165) is 15.6 Å². The number of hydrogen-bond donors (Lipinski definition) is 1. The zero-order valence-corrected chi connectivity index (χ0v) is 10.9. The van der Waals surface area contributed by atoms with Crippen molar-refractivity contribution >= 4 is 32.4 Å². The molecule has 0 bridgehead atoms. The molecule has 0 saturated heterocycles. The van der Waals surface area contributed by atoms with Crippen LogP contribution in [0.5, 0.6) is 0 Å². The Bertz CT molecular complexity index is 511. The van der Waals surface area contributed by atoms with E-state index in [9.17, 15) is 0 Å². The van der Waals surface area contributed by atoms with Crippen LogP contribution in [0.25, 0.3) is 0 Å². The van der Waals surface area contributed by atoms with Gasteiger partial charge in [-0.05, 0) is 33.5 Å². The predicted octanol–water partition coefficient (Wildman–Crippen LogP) is 3.05. The van der Waals surface area contributed by atoms with Gasteiger partial charge in [0.15, 0.2) is 3.92 Å². The highest BCUT2D eigenvalue weighted by Crippen LogP contribution is 2.35. The van der Waals surface area contributed by atoms with Gasteiger partial charge < -0.3 is 5.32 Å². The van der Waals surface area contributed by atoms with Gasteiger partial charge in [-0.3, -0.25) is 0 Å². The number of benzene rings is 1. The van der Waals surface area contributed by atoms with Crippen molar-refractivity contribution < 1.29 is 0 Å². The minimum Gasteiger partial charge on any atom is -0.359 e. The molecule has 3 rings (SSSR count). The molecule has 1 aliphatic carbocycles. The Morgan fingerprint density at radius 1 is 1.38 bits per heavy atom. The van der Waals surface area contributed by atoms with Crippen molar-refractivity contribution in [1.82, 2.24) is 10.2 Å². The maximum absolute atomic E-state index is 4.01. The lowest BCUT2D eigenvalue weighted by atomic mass is 9.78. The molecular formula is C11H10BrN3S. The van der Waals surface area contributed by atoms with Gasteiger partial charge in [-0.15, -0.1) is 10.2 Å². The maximum Gasteiger partial charge on any atom is 0.206 e. The third kappa shape index (κ3) is 1.85. The summed E-state index contributed by atoms with van der Waals surface area (Å²) >= 11 is 4.83. The number of rotatable bonds is 3. The molecule has 0 aliphatic heterocycles. The van der Waals surface area contributed by atoms with Gasteiger partial charge in [-0.25, -0.2) is 0 Å². The quantitative estimate of drug-likeness (QED) is 0.946. The van der Waals surface area contributed by atoms with Gasteiger partial charge in [-0.1, -0.05) is 35.6 Å². The fourth-order valence-electron chi connectivity index (χ4n) is 2.03. The van der Waals surface area contributed by atoms with Crippen LogP contribution in [0.4, 0.5) is 5.13 Å². The Labute approximate surface area is 106 Å². The number of fused-ring (bicyclic) bond motifs is 1. The maximum atomic E-state index is 4.01. The fourth-order valence-corrected chi connectivity index (χ4v) is 3.05. The van der Waals surface area contributed by atoms with Gasteiger partial charge in [0, 0.05) is 12.5 Å². The van der Waals surface area contributed by atoms with Crippen molar-refractivity contribution in [3.8, 4) is 0 Å². The normalized spacial score (nSPS) is 17.7. The van der Waals surface area contributed by atoms with Crippen LogP contribution in [0.3, 0.4) is 0 Å². The lowest BCUT2D eigenvalue weighted by molar-refractivity contribution is 0.635. The van der Waals surface area contributed by atoms with Crippen LogP contribution in [0.2, 0.25) is 0 Å². The molecule has 2 aromatic rings. The number of hydrogen-bond acceptors (Lipinski definition) is 4. The van der Waals surface area contributed by atoms with Crippen LogP contribution in [-0.2, 0) is 6.42 Å². The van der Waals surface area contributed by atoms with Crippen molar-refractivity contribution in [2.45, 2.75) is 12.3 Å². The van der Waals surface area contributed by atoms with E-state index in [0.29, 0.717) is 5.92 Å². The molecular weight excluding hydrogens is 286 g/mol. The van der Waals surface area contributed by atoms with Crippen molar-refractivity contribution in [3.05, 3.63) is 39.3 Å². The van der Waals surface area contributed by atoms with Gasteiger partial charge in [-0.2, -0.15) is 0 Å². The lowest BCUT2D eigenvalue weighted by Crippen LogP contribution is -2.24. The van der Waals surface area contributed by atoms with Crippen LogP contribution >= 0.6 is 27.3 Å². The Hall–Kier alpha value is -0.940. The van der Waals surface area contributed by atoms with Crippen LogP contribution in [0.15, 0.2) is 28.2 Å². The number of nitrogens with zero attached hydrogens (tertiary/aromatic N) is 2. The molecule has 3 nitrogen and oxygen atoms in total. The second-order valence-electron chi connectivity index (χ2n) is 3.84. The van der Waals surface area contributed by atoms with E-state index in [1.807, 2.05) is 0 Å². The van der Waals surface area contributed by atoms with Gasteiger partial charge in [0.1, 0.15) is 0 Å². The van der Waals surface area contributed by atoms with Gasteiger partial charge in [0.25, 0.3) is 0 Å². The standard InChI is InChI=1S/C11H10BrN3S/c12-10-14-15-11(16-10)13-6-8-5-7-3-1-2-4-9(7)8/h1-4,8H,5-6H2,(H,13,15). The van der Waals surface area contributed by atoms with Crippen LogP contribution < -0.4 is 5.32 Å². The number of aromatic nitrogens is 2. The van der Waals surface area contributed by atoms with Crippen LogP contribution in [0, 0.1) is 0 Å². The summed E-state index contributed by atoms with van der Waals surface area (Å²) in [6.07, 6.45) is 1.17. The molecule has 0 amide bonds. The van der Waals surface area contributed by atoms with E-state index in [1.165, 1.54) is 28.9 Å². The molecule has 82 valence electrons. The van der Waals surface area contributed by atoms with Gasteiger partial charge in [0.05, 0.1) is 0 Å². The molecule has 1 unspecified atom stereocenters. The first-order valence-corrected chi connectivity index (χ1v) is 6.74. The van der Waals surface area contributed by atoms with Crippen molar-refractivity contribution in [2.75, 3.05) is 11.9 Å². The van der Waals surface area contributed by atoms with E-state index in [1.54, 1.807) is 0 Å². The highest BCUT2D eigenvalue weighted by atomic mass is 79.9. The summed E-state index contributed by atoms with van der Waals surface area (Å²) in [5.41, 5.74) is 2.95. The first-order chi connectivity index (χ1) is 7.83. The molecule has 16 heavy (non-hydrogen) atoms. The van der Waals surface area contributed by atoms with Gasteiger partial charge in [0.2, 0.25) is 5.13 Å². The summed E-state index contributed by atoms with van der Waals surface area (Å²) in [7, 11) is 0. The van der Waals surface area contributed by atoms with E-state index < -0.39 is 0 Å². The molecule has 1 aliphatic rings. The summed E-state index contributed by atoms with van der Waals surface area (Å²) in [5.74, 6) is 0.624. The molecule has 5 heteroatoms. The molecule has 1 atom stereocenters. The monoisotopic (exact) mass is 295 g/mol. The average Bonchev–Trinajstić information content (AvgIpc) is 2.66. The van der Waals surface area contributed by atoms with Crippen molar-refractivity contribution in [3.63, 3.8) is 0 Å². The second kappa shape index (κ2) is 4.14. The van der Waals surface area contributed by atoms with E-state index in [4.69, 9.17) is 0 Å². The Morgan fingerprint density at radius 3 is 3.00 bits per heavy atom. The minimum absolute atomic E-state index is 0.624. The first-order valence-electron chi connectivity index (χ1n) is 5.13. The van der Waals surface area contributed by atoms with Crippen LogP contribution in [0.1, 0.15) is 17.0 Å². The third-order valence-electron chi connectivity index (χ3n) is 2.86. The molecule has 1 aromatic heterocycles. The molecule has 1 heterocycles. The lowest BCUT2D eigenvalue weighted by Gasteiger charge is -2.29. The topological polar surface area (TPSA) is 37.8 Å². The van der Waals surface area contributed by atoms with Crippen molar-refractivity contribution in [2.24, 2.45) is 0 Å². The summed E-state index contributed by atoms with van der Waals surface area (Å²) in [4.78, 5) is 0. The number of halogens is 1. The zero-order chi connectivity index (χ0) is 11.0. The smallest absolute Gasteiger partial charge is 0.206 e. The van der Waals surface area contributed by atoms with Crippen LogP contribution in [-0.4, -0.2) is 16.7 Å².